The average Bonchev–Trinajstić information content (AvgIpc) is 3.14. The molecule has 1 saturated heterocycles. The maximum absolute atomic E-state index is 13.4. The second-order valence-electron chi connectivity index (χ2n) is 7.32. The molecule has 6 nitrogen and oxygen atoms in total. The molecule has 1 N–H and O–H groups in total. The number of para-hydroxylation sites is 1. The Morgan fingerprint density at radius 2 is 1.86 bits per heavy atom. The van der Waals surface area contributed by atoms with Gasteiger partial charge in [-0.15, -0.1) is 0 Å². The summed E-state index contributed by atoms with van der Waals surface area (Å²) < 4.78 is 0. The minimum Gasteiger partial charge on any atom is -0.481 e. The molecule has 0 bridgehead atoms. The number of fused-ring (bicyclic) bond motifs is 1. The van der Waals surface area contributed by atoms with Crippen molar-refractivity contribution >= 4 is 22.8 Å². The fraction of sp³-hybridized carbons (Fsp3) is 0.273. The van der Waals surface area contributed by atoms with Gasteiger partial charge in [-0.3, -0.25) is 19.6 Å². The highest BCUT2D eigenvalue weighted by atomic mass is 16.4. The summed E-state index contributed by atoms with van der Waals surface area (Å²) in [5, 5.41) is 10.5. The molecule has 2 atom stereocenters. The molecule has 1 aliphatic heterocycles. The van der Waals surface area contributed by atoms with E-state index in [2.05, 4.69) is 9.97 Å². The third kappa shape index (κ3) is 3.11. The van der Waals surface area contributed by atoms with Gasteiger partial charge in [0.1, 0.15) is 0 Å². The molecule has 1 aliphatic rings. The molecule has 0 unspecified atom stereocenters. The summed E-state index contributed by atoms with van der Waals surface area (Å²) in [6.07, 6.45) is 3.31. The molecule has 0 spiro atoms. The molecule has 2 aromatic heterocycles. The number of aromatic nitrogens is 2. The van der Waals surface area contributed by atoms with Crippen LogP contribution in [0, 0.1) is 19.8 Å². The lowest BCUT2D eigenvalue weighted by Gasteiger charge is -2.18. The number of pyridine rings is 2. The number of benzene rings is 1. The zero-order valence-electron chi connectivity index (χ0n) is 15.8. The molecule has 4 rings (SSSR count). The fourth-order valence-corrected chi connectivity index (χ4v) is 4.04. The first-order valence-electron chi connectivity index (χ1n) is 9.24. The van der Waals surface area contributed by atoms with Gasteiger partial charge in [-0.1, -0.05) is 18.2 Å². The monoisotopic (exact) mass is 375 g/mol. The molecule has 142 valence electrons. The standard InChI is InChI=1S/C22H21N3O3/c1-13-4-3-5-16-17(10-14(2)24-20(13)16)21(26)25-11-18(19(12-25)22(27)28)15-6-8-23-9-7-15/h3-10,18-19H,11-12H2,1-2H3,(H,27,28)/t18-,19+/m0/s1. The summed E-state index contributed by atoms with van der Waals surface area (Å²) in [5.41, 5.74) is 4.06. The molecule has 6 heteroatoms. The Kier molecular flexibility index (Phi) is 4.55. The van der Waals surface area contributed by atoms with Gasteiger partial charge in [-0.25, -0.2) is 0 Å². The van der Waals surface area contributed by atoms with Crippen LogP contribution in [0.2, 0.25) is 0 Å². The maximum atomic E-state index is 13.4. The van der Waals surface area contributed by atoms with E-state index in [9.17, 15) is 14.7 Å². The lowest BCUT2D eigenvalue weighted by atomic mass is 9.90. The van der Waals surface area contributed by atoms with Gasteiger partial charge in [0.25, 0.3) is 5.91 Å². The summed E-state index contributed by atoms with van der Waals surface area (Å²) in [6.45, 7) is 4.40. The minimum atomic E-state index is -0.885. The molecular formula is C22H21N3O3. The van der Waals surface area contributed by atoms with Crippen LogP contribution in [-0.4, -0.2) is 44.9 Å². The van der Waals surface area contributed by atoms with E-state index in [0.717, 1.165) is 27.7 Å². The van der Waals surface area contributed by atoms with Crippen LogP contribution >= 0.6 is 0 Å². The number of carboxylic acids is 1. The Morgan fingerprint density at radius 1 is 1.11 bits per heavy atom. The van der Waals surface area contributed by atoms with Crippen LogP contribution in [0.25, 0.3) is 10.9 Å². The van der Waals surface area contributed by atoms with Gasteiger partial charge in [0.2, 0.25) is 0 Å². The van der Waals surface area contributed by atoms with Crippen LogP contribution in [0.3, 0.4) is 0 Å². The number of aliphatic carboxylic acids is 1. The van der Waals surface area contributed by atoms with E-state index in [4.69, 9.17) is 0 Å². The molecule has 1 aromatic carbocycles. The van der Waals surface area contributed by atoms with Crippen molar-refractivity contribution < 1.29 is 14.7 Å². The molecule has 1 amide bonds. The van der Waals surface area contributed by atoms with Crippen molar-refractivity contribution in [3.05, 3.63) is 71.2 Å². The van der Waals surface area contributed by atoms with Crippen molar-refractivity contribution in [2.45, 2.75) is 19.8 Å². The van der Waals surface area contributed by atoms with Crippen molar-refractivity contribution in [3.63, 3.8) is 0 Å². The quantitative estimate of drug-likeness (QED) is 0.760. The average molecular weight is 375 g/mol. The Bertz CT molecular complexity index is 1070. The number of amides is 1. The van der Waals surface area contributed by atoms with E-state index >= 15 is 0 Å². The highest BCUT2D eigenvalue weighted by molar-refractivity contribution is 6.07. The van der Waals surface area contributed by atoms with Crippen molar-refractivity contribution in [3.8, 4) is 0 Å². The predicted molar refractivity (Wildman–Crippen MR) is 105 cm³/mol. The molecular weight excluding hydrogens is 354 g/mol. The van der Waals surface area contributed by atoms with Gasteiger partial charge in [0, 0.05) is 42.5 Å². The SMILES string of the molecule is Cc1cc(C(=O)N2C[C@@H](C(=O)O)[C@H](c3ccncc3)C2)c2cccc(C)c2n1. The van der Waals surface area contributed by atoms with E-state index in [0.29, 0.717) is 12.1 Å². The highest BCUT2D eigenvalue weighted by Crippen LogP contribution is 2.34. The van der Waals surface area contributed by atoms with Crippen LogP contribution in [0.1, 0.15) is 33.1 Å². The molecule has 28 heavy (non-hydrogen) atoms. The number of carbonyl (C=O) groups is 2. The lowest BCUT2D eigenvalue weighted by molar-refractivity contribution is -0.141. The smallest absolute Gasteiger partial charge is 0.308 e. The second kappa shape index (κ2) is 7.03. The minimum absolute atomic E-state index is 0.149. The van der Waals surface area contributed by atoms with Gasteiger partial charge in [0.15, 0.2) is 0 Å². The number of carboxylic acid groups (broad SMARTS) is 1. The maximum Gasteiger partial charge on any atom is 0.308 e. The Hall–Kier alpha value is -3.28. The van der Waals surface area contributed by atoms with E-state index in [1.807, 2.05) is 44.2 Å². The van der Waals surface area contributed by atoms with Crippen LogP contribution in [0.4, 0.5) is 0 Å². The van der Waals surface area contributed by atoms with Crippen LogP contribution in [0.15, 0.2) is 48.8 Å². The van der Waals surface area contributed by atoms with Crippen molar-refractivity contribution in [2.75, 3.05) is 13.1 Å². The van der Waals surface area contributed by atoms with Crippen molar-refractivity contribution in [2.24, 2.45) is 5.92 Å². The number of hydrogen-bond donors (Lipinski definition) is 1. The first-order valence-corrected chi connectivity index (χ1v) is 9.24. The second-order valence-corrected chi connectivity index (χ2v) is 7.32. The predicted octanol–water partition coefficient (Wildman–Crippen LogP) is 3.19. The first-order chi connectivity index (χ1) is 13.5. The van der Waals surface area contributed by atoms with E-state index < -0.39 is 11.9 Å². The fourth-order valence-electron chi connectivity index (χ4n) is 4.04. The summed E-state index contributed by atoms with van der Waals surface area (Å²) >= 11 is 0. The molecule has 1 fully saturated rings. The van der Waals surface area contributed by atoms with Gasteiger partial charge >= 0.3 is 5.97 Å². The largest absolute Gasteiger partial charge is 0.481 e. The number of carbonyl (C=O) groups excluding carboxylic acids is 1. The Morgan fingerprint density at radius 3 is 2.57 bits per heavy atom. The van der Waals surface area contributed by atoms with Gasteiger partial charge in [-0.05, 0) is 43.2 Å². The molecule has 3 aromatic rings. The van der Waals surface area contributed by atoms with Gasteiger partial charge < -0.3 is 10.0 Å². The van der Waals surface area contributed by atoms with E-state index in [1.165, 1.54) is 0 Å². The molecule has 0 saturated carbocycles. The highest BCUT2D eigenvalue weighted by Gasteiger charge is 2.41. The zero-order valence-corrected chi connectivity index (χ0v) is 15.8. The molecule has 0 radical (unpaired) electrons. The normalized spacial score (nSPS) is 19.1. The number of rotatable bonds is 3. The molecule has 3 heterocycles. The van der Waals surface area contributed by atoms with E-state index in [-0.39, 0.29) is 18.4 Å². The van der Waals surface area contributed by atoms with Gasteiger partial charge in [0.05, 0.1) is 17.0 Å². The lowest BCUT2D eigenvalue weighted by Crippen LogP contribution is -2.30. The van der Waals surface area contributed by atoms with E-state index in [1.54, 1.807) is 23.4 Å². The summed E-state index contributed by atoms with van der Waals surface area (Å²) in [5.74, 6) is -1.92. The Labute approximate surface area is 162 Å². The Balaban J connectivity index is 1.72. The van der Waals surface area contributed by atoms with Crippen LogP contribution in [-0.2, 0) is 4.79 Å². The number of likely N-dealkylation sites (tertiary alicyclic amines) is 1. The van der Waals surface area contributed by atoms with Gasteiger partial charge in [-0.2, -0.15) is 0 Å². The summed E-state index contributed by atoms with van der Waals surface area (Å²) in [7, 11) is 0. The van der Waals surface area contributed by atoms with Crippen molar-refractivity contribution in [1.29, 1.82) is 0 Å². The molecule has 0 aliphatic carbocycles. The van der Waals surface area contributed by atoms with Crippen LogP contribution in [0.5, 0.6) is 0 Å². The first kappa shape index (κ1) is 18.1. The zero-order chi connectivity index (χ0) is 19.8. The number of nitrogens with zero attached hydrogens (tertiary/aromatic N) is 3. The third-order valence-corrected chi connectivity index (χ3v) is 5.46. The van der Waals surface area contributed by atoms with Crippen LogP contribution < -0.4 is 0 Å². The summed E-state index contributed by atoms with van der Waals surface area (Å²) in [4.78, 5) is 35.4. The number of hydrogen-bond acceptors (Lipinski definition) is 4. The summed E-state index contributed by atoms with van der Waals surface area (Å²) in [6, 6.07) is 11.2. The van der Waals surface area contributed by atoms with Crippen molar-refractivity contribution in [1.82, 2.24) is 14.9 Å². The topological polar surface area (TPSA) is 83.4 Å². The number of aryl methyl sites for hydroxylation is 2. The third-order valence-electron chi connectivity index (χ3n) is 5.46.